The summed E-state index contributed by atoms with van der Waals surface area (Å²) in [4.78, 5) is 1.28. The van der Waals surface area contributed by atoms with Gasteiger partial charge in [0.2, 0.25) is 0 Å². The average Bonchev–Trinajstić information content (AvgIpc) is 2.76. The maximum atomic E-state index is 6.19. The Bertz CT molecular complexity index is 451. The fraction of sp³-hybridized carbons (Fsp3) is 0.667. The molecule has 0 aromatic heterocycles. The highest BCUT2D eigenvalue weighted by molar-refractivity contribution is 7.97. The van der Waals surface area contributed by atoms with Gasteiger partial charge in [0.05, 0.1) is 4.90 Å². The number of hydrogen-bond donors (Lipinski definition) is 0. The zero-order chi connectivity index (χ0) is 15.3. The van der Waals surface area contributed by atoms with Crippen LogP contribution in [0.25, 0.3) is 0 Å². The van der Waals surface area contributed by atoms with Gasteiger partial charge in [-0.15, -0.1) is 0 Å². The summed E-state index contributed by atoms with van der Waals surface area (Å²) in [6.45, 7) is 11.2. The van der Waals surface area contributed by atoms with Crippen molar-refractivity contribution in [2.75, 3.05) is 13.1 Å². The van der Waals surface area contributed by atoms with Crippen LogP contribution in [0.1, 0.15) is 58.9 Å². The largest absolute Gasteiger partial charge is 0.486 e. The standard InChI is InChI=1S/C18H29NOS/c1-5-7-12-19(13-8-6-2)21-16-11-9-10-15-14-18(3,4)20-17(15)16/h9-11H,5-8,12-14H2,1-4H3. The number of rotatable bonds is 8. The Hall–Kier alpha value is -0.670. The Labute approximate surface area is 134 Å². The van der Waals surface area contributed by atoms with Crippen molar-refractivity contribution in [3.63, 3.8) is 0 Å². The minimum absolute atomic E-state index is 0.0589. The summed E-state index contributed by atoms with van der Waals surface area (Å²) < 4.78 is 8.70. The fourth-order valence-electron chi connectivity index (χ4n) is 2.67. The minimum atomic E-state index is -0.0589. The molecule has 118 valence electrons. The molecule has 1 aliphatic rings. The molecule has 0 aliphatic carbocycles. The number of ether oxygens (including phenoxy) is 1. The van der Waals surface area contributed by atoms with Crippen molar-refractivity contribution in [1.29, 1.82) is 0 Å². The Morgan fingerprint density at radius 2 is 1.81 bits per heavy atom. The zero-order valence-electron chi connectivity index (χ0n) is 13.9. The molecular weight excluding hydrogens is 278 g/mol. The van der Waals surface area contributed by atoms with Gasteiger partial charge in [-0.3, -0.25) is 0 Å². The van der Waals surface area contributed by atoms with E-state index in [-0.39, 0.29) is 5.60 Å². The summed E-state index contributed by atoms with van der Waals surface area (Å²) >= 11 is 1.88. The van der Waals surface area contributed by atoms with Crippen molar-refractivity contribution in [2.24, 2.45) is 0 Å². The molecule has 0 atom stereocenters. The van der Waals surface area contributed by atoms with Crippen LogP contribution in [-0.4, -0.2) is 23.0 Å². The molecule has 1 aromatic carbocycles. The zero-order valence-corrected chi connectivity index (χ0v) is 14.8. The van der Waals surface area contributed by atoms with E-state index in [1.165, 1.54) is 36.1 Å². The summed E-state index contributed by atoms with van der Waals surface area (Å²) in [6, 6.07) is 6.58. The lowest BCUT2D eigenvalue weighted by Gasteiger charge is -2.23. The molecule has 0 radical (unpaired) electrons. The predicted octanol–water partition coefficient (Wildman–Crippen LogP) is 5.31. The Balaban J connectivity index is 2.09. The van der Waals surface area contributed by atoms with Gasteiger partial charge in [0.1, 0.15) is 11.4 Å². The Kier molecular flexibility index (Phi) is 6.00. The second-order valence-corrected chi connectivity index (χ2v) is 7.65. The molecule has 0 unspecified atom stereocenters. The SMILES string of the molecule is CCCCN(CCCC)Sc1cccc2c1OC(C)(C)C2. The maximum absolute atomic E-state index is 6.19. The van der Waals surface area contributed by atoms with Gasteiger partial charge in [-0.25, -0.2) is 4.31 Å². The van der Waals surface area contributed by atoms with Crippen molar-refractivity contribution in [2.45, 2.75) is 70.3 Å². The second kappa shape index (κ2) is 7.55. The van der Waals surface area contributed by atoms with E-state index in [2.05, 4.69) is 50.2 Å². The number of fused-ring (bicyclic) bond motifs is 1. The normalized spacial score (nSPS) is 16.0. The topological polar surface area (TPSA) is 12.5 Å². The van der Waals surface area contributed by atoms with E-state index >= 15 is 0 Å². The molecule has 0 spiro atoms. The van der Waals surface area contributed by atoms with E-state index in [4.69, 9.17) is 4.74 Å². The first-order valence-corrected chi connectivity index (χ1v) is 9.07. The number of para-hydroxylation sites is 1. The summed E-state index contributed by atoms with van der Waals surface area (Å²) in [5.41, 5.74) is 1.30. The predicted molar refractivity (Wildman–Crippen MR) is 92.1 cm³/mol. The van der Waals surface area contributed by atoms with Gasteiger partial charge in [0.15, 0.2) is 0 Å². The second-order valence-electron chi connectivity index (χ2n) is 6.51. The molecule has 21 heavy (non-hydrogen) atoms. The molecule has 2 rings (SSSR count). The van der Waals surface area contributed by atoms with Gasteiger partial charge < -0.3 is 4.74 Å². The van der Waals surface area contributed by atoms with Gasteiger partial charge in [0, 0.05) is 19.5 Å². The van der Waals surface area contributed by atoms with Gasteiger partial charge in [0.25, 0.3) is 0 Å². The summed E-state index contributed by atoms with van der Waals surface area (Å²) in [6.07, 6.45) is 6.04. The van der Waals surface area contributed by atoms with Gasteiger partial charge in [-0.2, -0.15) is 0 Å². The molecule has 2 nitrogen and oxygen atoms in total. The van der Waals surface area contributed by atoms with Crippen LogP contribution in [0.15, 0.2) is 23.1 Å². The molecule has 0 fully saturated rings. The quantitative estimate of drug-likeness (QED) is 0.604. The molecule has 0 saturated carbocycles. The van der Waals surface area contributed by atoms with Gasteiger partial charge >= 0.3 is 0 Å². The highest BCUT2D eigenvalue weighted by Gasteiger charge is 2.32. The molecular formula is C18H29NOS. The van der Waals surface area contributed by atoms with E-state index in [1.54, 1.807) is 0 Å². The van der Waals surface area contributed by atoms with Crippen molar-refractivity contribution in [1.82, 2.24) is 4.31 Å². The molecule has 0 amide bonds. The first-order valence-electron chi connectivity index (χ1n) is 8.29. The van der Waals surface area contributed by atoms with E-state index < -0.39 is 0 Å². The van der Waals surface area contributed by atoms with E-state index in [0.29, 0.717) is 0 Å². The lowest BCUT2D eigenvalue weighted by Crippen LogP contribution is -2.25. The number of hydrogen-bond acceptors (Lipinski definition) is 3. The average molecular weight is 308 g/mol. The molecule has 1 aliphatic heterocycles. The molecule has 0 saturated heterocycles. The third-order valence-corrected chi connectivity index (χ3v) is 4.95. The van der Waals surface area contributed by atoms with E-state index in [0.717, 1.165) is 25.3 Å². The van der Waals surface area contributed by atoms with E-state index in [9.17, 15) is 0 Å². The minimum Gasteiger partial charge on any atom is -0.486 e. The smallest absolute Gasteiger partial charge is 0.138 e. The first-order chi connectivity index (χ1) is 10.1. The Morgan fingerprint density at radius 1 is 1.14 bits per heavy atom. The van der Waals surface area contributed by atoms with Crippen molar-refractivity contribution < 1.29 is 4.74 Å². The van der Waals surface area contributed by atoms with E-state index in [1.807, 2.05) is 11.9 Å². The monoisotopic (exact) mass is 307 g/mol. The van der Waals surface area contributed by atoms with Gasteiger partial charge in [-0.05, 0) is 50.3 Å². The van der Waals surface area contributed by atoms with Crippen molar-refractivity contribution >= 4 is 11.9 Å². The lowest BCUT2D eigenvalue weighted by molar-refractivity contribution is 0.135. The fourth-order valence-corrected chi connectivity index (χ4v) is 3.78. The van der Waals surface area contributed by atoms with Crippen LogP contribution in [0.3, 0.4) is 0 Å². The molecule has 1 heterocycles. The van der Waals surface area contributed by atoms with Crippen LogP contribution < -0.4 is 4.74 Å². The highest BCUT2D eigenvalue weighted by atomic mass is 32.2. The third-order valence-electron chi connectivity index (χ3n) is 3.80. The summed E-state index contributed by atoms with van der Waals surface area (Å²) in [5.74, 6) is 1.12. The van der Waals surface area contributed by atoms with Crippen LogP contribution in [0.4, 0.5) is 0 Å². The summed E-state index contributed by atoms with van der Waals surface area (Å²) in [7, 11) is 0. The van der Waals surface area contributed by atoms with Crippen LogP contribution in [-0.2, 0) is 6.42 Å². The lowest BCUT2D eigenvalue weighted by atomic mass is 10.0. The molecule has 3 heteroatoms. The Morgan fingerprint density at radius 3 is 2.43 bits per heavy atom. The molecule has 1 aromatic rings. The number of unbranched alkanes of at least 4 members (excludes halogenated alkanes) is 2. The molecule has 0 N–H and O–H groups in total. The van der Waals surface area contributed by atoms with Crippen LogP contribution in [0.2, 0.25) is 0 Å². The van der Waals surface area contributed by atoms with Crippen LogP contribution in [0, 0.1) is 0 Å². The van der Waals surface area contributed by atoms with Crippen LogP contribution >= 0.6 is 11.9 Å². The summed E-state index contributed by atoms with van der Waals surface area (Å²) in [5, 5.41) is 0. The van der Waals surface area contributed by atoms with Crippen molar-refractivity contribution in [3.8, 4) is 5.75 Å². The van der Waals surface area contributed by atoms with Crippen LogP contribution in [0.5, 0.6) is 5.75 Å². The molecule has 0 bridgehead atoms. The number of benzene rings is 1. The first kappa shape index (κ1) is 16.7. The maximum Gasteiger partial charge on any atom is 0.138 e. The highest BCUT2D eigenvalue weighted by Crippen LogP contribution is 2.42. The van der Waals surface area contributed by atoms with Crippen molar-refractivity contribution in [3.05, 3.63) is 23.8 Å². The third kappa shape index (κ3) is 4.65. The number of nitrogens with zero attached hydrogens (tertiary/aromatic N) is 1. The van der Waals surface area contributed by atoms with Gasteiger partial charge in [-0.1, -0.05) is 38.8 Å².